The van der Waals surface area contributed by atoms with Crippen molar-refractivity contribution in [2.24, 2.45) is 5.92 Å². The van der Waals surface area contributed by atoms with Gasteiger partial charge < -0.3 is 4.74 Å². The molecule has 0 heterocycles. The molecule has 0 spiro atoms. The Kier molecular flexibility index (Phi) is 6.40. The lowest BCUT2D eigenvalue weighted by atomic mass is 9.88. The van der Waals surface area contributed by atoms with Gasteiger partial charge in [-0.3, -0.25) is 4.79 Å². The zero-order chi connectivity index (χ0) is 17.7. The molecule has 134 valence electrons. The summed E-state index contributed by atoms with van der Waals surface area (Å²) in [6, 6.07) is 6.64. The van der Waals surface area contributed by atoms with Crippen molar-refractivity contribution in [2.75, 3.05) is 20.7 Å². The van der Waals surface area contributed by atoms with Crippen LogP contribution < -0.4 is 0 Å². The molecule has 5 nitrogen and oxygen atoms in total. The summed E-state index contributed by atoms with van der Waals surface area (Å²) in [7, 11) is -0.446. The van der Waals surface area contributed by atoms with Crippen LogP contribution in [0.15, 0.2) is 29.2 Å². The fourth-order valence-electron chi connectivity index (χ4n) is 3.27. The first-order valence-electron chi connectivity index (χ1n) is 8.55. The molecule has 0 amide bonds. The van der Waals surface area contributed by atoms with Crippen LogP contribution in [-0.2, 0) is 19.6 Å². The van der Waals surface area contributed by atoms with Crippen LogP contribution in [0.2, 0.25) is 0 Å². The van der Waals surface area contributed by atoms with Crippen LogP contribution in [0.3, 0.4) is 0 Å². The normalized spacial score (nSPS) is 17.2. The zero-order valence-corrected chi connectivity index (χ0v) is 15.5. The molecule has 0 aromatic heterocycles. The highest BCUT2D eigenvalue weighted by molar-refractivity contribution is 7.89. The molecule has 0 saturated heterocycles. The van der Waals surface area contributed by atoms with Gasteiger partial charge in [0, 0.05) is 14.1 Å². The van der Waals surface area contributed by atoms with Gasteiger partial charge in [-0.25, -0.2) is 12.7 Å². The van der Waals surface area contributed by atoms with Gasteiger partial charge in [-0.2, -0.15) is 0 Å². The van der Waals surface area contributed by atoms with Gasteiger partial charge in [-0.05, 0) is 37.0 Å². The van der Waals surface area contributed by atoms with Gasteiger partial charge in [0.1, 0.15) is 0 Å². The Morgan fingerprint density at radius 1 is 1.21 bits per heavy atom. The molecular weight excluding hydrogens is 326 g/mol. The number of sulfonamides is 1. The number of nitrogens with zero attached hydrogens (tertiary/aromatic N) is 1. The van der Waals surface area contributed by atoms with Crippen LogP contribution >= 0.6 is 0 Å². The van der Waals surface area contributed by atoms with Gasteiger partial charge in [0.25, 0.3) is 0 Å². The van der Waals surface area contributed by atoms with Crippen molar-refractivity contribution in [1.82, 2.24) is 4.31 Å². The average molecular weight is 353 g/mol. The first-order chi connectivity index (χ1) is 11.4. The molecular formula is C18H27NO4S. The van der Waals surface area contributed by atoms with E-state index < -0.39 is 10.0 Å². The minimum Gasteiger partial charge on any atom is -0.466 e. The number of carbonyl (C=O) groups is 1. The third kappa shape index (κ3) is 4.36. The molecule has 1 aromatic rings. The van der Waals surface area contributed by atoms with Gasteiger partial charge in [-0.15, -0.1) is 0 Å². The molecule has 0 aliphatic heterocycles. The maximum absolute atomic E-state index is 12.4. The average Bonchev–Trinajstić information content (AvgIpc) is 3.06. The Morgan fingerprint density at radius 2 is 1.79 bits per heavy atom. The molecule has 6 heteroatoms. The minimum absolute atomic E-state index is 0.215. The predicted molar refractivity (Wildman–Crippen MR) is 93.3 cm³/mol. The summed E-state index contributed by atoms with van der Waals surface area (Å²) in [5.74, 6) is 0.0152. The summed E-state index contributed by atoms with van der Waals surface area (Å²) in [5.41, 5.74) is 0.832. The van der Waals surface area contributed by atoms with E-state index in [9.17, 15) is 13.2 Å². The maximum atomic E-state index is 12.4. The van der Waals surface area contributed by atoms with Gasteiger partial charge in [0.2, 0.25) is 10.0 Å². The Labute approximate surface area is 145 Å². The second kappa shape index (κ2) is 8.12. The number of benzene rings is 1. The third-order valence-electron chi connectivity index (χ3n) is 4.68. The van der Waals surface area contributed by atoms with Crippen LogP contribution in [0, 0.1) is 5.92 Å². The molecule has 1 aliphatic rings. The number of rotatable bonds is 7. The molecule has 0 N–H and O–H groups in total. The van der Waals surface area contributed by atoms with Crippen molar-refractivity contribution >= 4 is 16.0 Å². The van der Waals surface area contributed by atoms with E-state index in [1.165, 1.54) is 31.2 Å². The summed E-state index contributed by atoms with van der Waals surface area (Å²) in [6.45, 7) is 2.16. The molecule has 1 unspecified atom stereocenters. The van der Waals surface area contributed by atoms with Crippen LogP contribution in [0.5, 0.6) is 0 Å². The number of ether oxygens (including phenoxy) is 1. The molecule has 0 bridgehead atoms. The highest BCUT2D eigenvalue weighted by Crippen LogP contribution is 2.35. The molecule has 0 radical (unpaired) electrons. The molecule has 24 heavy (non-hydrogen) atoms. The smallest absolute Gasteiger partial charge is 0.313 e. The van der Waals surface area contributed by atoms with Crippen molar-refractivity contribution in [3.05, 3.63) is 29.8 Å². The zero-order valence-electron chi connectivity index (χ0n) is 14.7. The van der Waals surface area contributed by atoms with Crippen LogP contribution in [0.1, 0.15) is 50.5 Å². The Bertz CT molecular complexity index is 646. The first-order valence-corrected chi connectivity index (χ1v) is 9.99. The van der Waals surface area contributed by atoms with Crippen molar-refractivity contribution < 1.29 is 17.9 Å². The van der Waals surface area contributed by atoms with Gasteiger partial charge >= 0.3 is 5.97 Å². The summed E-state index contributed by atoms with van der Waals surface area (Å²) in [6.07, 6.45) is 5.53. The second-order valence-corrected chi connectivity index (χ2v) is 8.70. The number of hydrogen-bond donors (Lipinski definition) is 0. The fraction of sp³-hybridized carbons (Fsp3) is 0.611. The largest absolute Gasteiger partial charge is 0.466 e. The van der Waals surface area contributed by atoms with Crippen molar-refractivity contribution in [1.29, 1.82) is 0 Å². The van der Waals surface area contributed by atoms with E-state index >= 15 is 0 Å². The summed E-state index contributed by atoms with van der Waals surface area (Å²) >= 11 is 0. The quantitative estimate of drug-likeness (QED) is 0.706. The van der Waals surface area contributed by atoms with E-state index in [0.29, 0.717) is 12.5 Å². The van der Waals surface area contributed by atoms with Crippen molar-refractivity contribution in [3.63, 3.8) is 0 Å². The number of esters is 1. The van der Waals surface area contributed by atoms with E-state index in [-0.39, 0.29) is 16.8 Å². The summed E-state index contributed by atoms with van der Waals surface area (Å²) in [4.78, 5) is 12.6. The standard InChI is InChI=1S/C18H27NO4S/c1-4-23-18(20)17(13-14-7-5-6-8-14)15-9-11-16(12-10-15)24(21,22)19(2)3/h9-12,14,17H,4-8,13H2,1-3H3. The molecule has 1 aliphatic carbocycles. The molecule has 1 saturated carbocycles. The number of hydrogen-bond acceptors (Lipinski definition) is 4. The maximum Gasteiger partial charge on any atom is 0.313 e. The van der Waals surface area contributed by atoms with E-state index in [0.717, 1.165) is 24.8 Å². The lowest BCUT2D eigenvalue weighted by Crippen LogP contribution is -2.22. The highest BCUT2D eigenvalue weighted by Gasteiger charge is 2.28. The van der Waals surface area contributed by atoms with Gasteiger partial charge in [-0.1, -0.05) is 37.8 Å². The molecule has 1 aromatic carbocycles. The molecule has 2 rings (SSSR count). The predicted octanol–water partition coefficient (Wildman–Crippen LogP) is 3.16. The fourth-order valence-corrected chi connectivity index (χ4v) is 4.18. The Balaban J connectivity index is 2.23. The summed E-state index contributed by atoms with van der Waals surface area (Å²) in [5, 5.41) is 0. The Hall–Kier alpha value is -1.40. The van der Waals surface area contributed by atoms with Crippen molar-refractivity contribution in [3.8, 4) is 0 Å². The first kappa shape index (κ1) is 18.9. The van der Waals surface area contributed by atoms with Crippen molar-refractivity contribution in [2.45, 2.75) is 49.8 Å². The summed E-state index contributed by atoms with van der Waals surface area (Å²) < 4.78 is 30.7. The van der Waals surface area contributed by atoms with Crippen LogP contribution in [0.25, 0.3) is 0 Å². The topological polar surface area (TPSA) is 63.7 Å². The van der Waals surface area contributed by atoms with E-state index in [1.54, 1.807) is 31.2 Å². The highest BCUT2D eigenvalue weighted by atomic mass is 32.2. The Morgan fingerprint density at radius 3 is 2.29 bits per heavy atom. The molecule has 1 fully saturated rings. The van der Waals surface area contributed by atoms with E-state index in [1.807, 2.05) is 0 Å². The van der Waals surface area contributed by atoms with Gasteiger partial charge in [0.15, 0.2) is 0 Å². The van der Waals surface area contributed by atoms with Crippen LogP contribution in [-0.4, -0.2) is 39.4 Å². The second-order valence-electron chi connectivity index (χ2n) is 6.55. The number of carbonyl (C=O) groups excluding carboxylic acids is 1. The van der Waals surface area contributed by atoms with E-state index in [2.05, 4.69) is 0 Å². The monoisotopic (exact) mass is 353 g/mol. The van der Waals surface area contributed by atoms with E-state index in [4.69, 9.17) is 4.74 Å². The minimum atomic E-state index is -3.46. The van der Waals surface area contributed by atoms with Crippen LogP contribution in [0.4, 0.5) is 0 Å². The third-order valence-corrected chi connectivity index (χ3v) is 6.51. The SMILES string of the molecule is CCOC(=O)C(CC1CCCC1)c1ccc(S(=O)(=O)N(C)C)cc1. The molecule has 1 atom stereocenters. The lowest BCUT2D eigenvalue weighted by Gasteiger charge is -2.20. The van der Waals surface area contributed by atoms with Gasteiger partial charge in [0.05, 0.1) is 17.4 Å². The lowest BCUT2D eigenvalue weighted by molar-refractivity contribution is -0.145.